The molecule has 0 atom stereocenters. The van der Waals surface area contributed by atoms with Crippen LogP contribution >= 0.6 is 12.2 Å². The summed E-state index contributed by atoms with van der Waals surface area (Å²) in [5.41, 5.74) is 7.14. The first-order valence-electron chi connectivity index (χ1n) is 5.01. The van der Waals surface area contributed by atoms with Crippen molar-refractivity contribution in [3.8, 4) is 0 Å². The van der Waals surface area contributed by atoms with Crippen LogP contribution in [0.5, 0.6) is 0 Å². The second-order valence-corrected chi connectivity index (χ2v) is 3.74. The molecule has 0 fully saturated rings. The number of methoxy groups -OCH3 is 1. The molecule has 0 heterocycles. The summed E-state index contributed by atoms with van der Waals surface area (Å²) in [4.78, 5) is 10.9. The Balaban J connectivity index is 2.65. The zero-order valence-corrected chi connectivity index (χ0v) is 10.3. The Hall–Kier alpha value is -1.88. The highest BCUT2D eigenvalue weighted by molar-refractivity contribution is 7.80. The molecule has 17 heavy (non-hydrogen) atoms. The van der Waals surface area contributed by atoms with Gasteiger partial charge in [0.25, 0.3) is 0 Å². The molecule has 4 nitrogen and oxygen atoms in total. The van der Waals surface area contributed by atoms with E-state index >= 15 is 0 Å². The Kier molecular flexibility index (Phi) is 5.16. The summed E-state index contributed by atoms with van der Waals surface area (Å²) in [5, 5.41) is 3.06. The minimum Gasteiger partial charge on any atom is -0.469 e. The normalized spacial score (nSPS) is 10.2. The number of nitrogens with two attached hydrogens (primary N) is 1. The molecule has 0 aromatic heterocycles. The molecule has 0 radical (unpaired) electrons. The minimum absolute atomic E-state index is 0.223. The number of esters is 1. The SMILES string of the molecule is COC(=O)CC=Cc1cccc(NC(N)=S)c1. The van der Waals surface area contributed by atoms with Crippen molar-refractivity contribution >= 4 is 35.1 Å². The van der Waals surface area contributed by atoms with Crippen molar-refractivity contribution in [1.29, 1.82) is 0 Å². The molecule has 5 heteroatoms. The van der Waals surface area contributed by atoms with Crippen LogP contribution in [-0.2, 0) is 9.53 Å². The van der Waals surface area contributed by atoms with Crippen LogP contribution in [0.15, 0.2) is 30.3 Å². The predicted molar refractivity (Wildman–Crippen MR) is 72.5 cm³/mol. The van der Waals surface area contributed by atoms with Crippen LogP contribution in [0.4, 0.5) is 5.69 Å². The Morgan fingerprint density at radius 1 is 1.59 bits per heavy atom. The topological polar surface area (TPSA) is 64.3 Å². The van der Waals surface area contributed by atoms with Crippen LogP contribution in [0.25, 0.3) is 6.08 Å². The summed E-state index contributed by atoms with van der Waals surface area (Å²) in [5.74, 6) is -0.265. The highest BCUT2D eigenvalue weighted by Gasteiger charge is 1.96. The molecule has 0 aliphatic heterocycles. The molecule has 0 amide bonds. The fourth-order valence-electron chi connectivity index (χ4n) is 1.24. The van der Waals surface area contributed by atoms with Crippen molar-refractivity contribution in [3.05, 3.63) is 35.9 Å². The van der Waals surface area contributed by atoms with E-state index in [1.54, 1.807) is 6.08 Å². The van der Waals surface area contributed by atoms with E-state index in [4.69, 9.17) is 18.0 Å². The Morgan fingerprint density at radius 3 is 3.00 bits per heavy atom. The van der Waals surface area contributed by atoms with E-state index in [2.05, 4.69) is 10.1 Å². The maximum Gasteiger partial charge on any atom is 0.309 e. The predicted octanol–water partition coefficient (Wildman–Crippen LogP) is 1.92. The summed E-state index contributed by atoms with van der Waals surface area (Å²) in [7, 11) is 1.36. The van der Waals surface area contributed by atoms with Gasteiger partial charge in [-0.15, -0.1) is 0 Å². The van der Waals surface area contributed by atoms with Crippen LogP contribution in [0, 0.1) is 0 Å². The summed E-state index contributed by atoms with van der Waals surface area (Å²) >= 11 is 4.75. The highest BCUT2D eigenvalue weighted by atomic mass is 32.1. The average molecular weight is 250 g/mol. The van der Waals surface area contributed by atoms with Gasteiger partial charge in [-0.3, -0.25) is 4.79 Å². The van der Waals surface area contributed by atoms with Gasteiger partial charge in [0.2, 0.25) is 0 Å². The Morgan fingerprint density at radius 2 is 2.35 bits per heavy atom. The molecular formula is C12H14N2O2S. The number of hydrogen-bond acceptors (Lipinski definition) is 3. The molecular weight excluding hydrogens is 236 g/mol. The van der Waals surface area contributed by atoms with Crippen LogP contribution in [-0.4, -0.2) is 18.2 Å². The third-order valence-electron chi connectivity index (χ3n) is 1.98. The molecule has 0 aliphatic carbocycles. The zero-order chi connectivity index (χ0) is 12.7. The third kappa shape index (κ3) is 5.12. The lowest BCUT2D eigenvalue weighted by Crippen LogP contribution is -2.18. The lowest BCUT2D eigenvalue weighted by atomic mass is 10.2. The number of anilines is 1. The van der Waals surface area contributed by atoms with Crippen molar-refractivity contribution in [2.45, 2.75) is 6.42 Å². The fourth-order valence-corrected chi connectivity index (χ4v) is 1.35. The highest BCUT2D eigenvalue weighted by Crippen LogP contribution is 2.12. The summed E-state index contributed by atoms with van der Waals surface area (Å²) in [6.07, 6.45) is 3.83. The quantitative estimate of drug-likeness (QED) is 0.631. The van der Waals surface area contributed by atoms with Crippen LogP contribution in [0.2, 0.25) is 0 Å². The maximum absolute atomic E-state index is 10.9. The molecule has 1 aromatic rings. The number of rotatable bonds is 4. The Bertz CT molecular complexity index is 444. The lowest BCUT2D eigenvalue weighted by Gasteiger charge is -2.03. The minimum atomic E-state index is -0.265. The van der Waals surface area contributed by atoms with E-state index in [-0.39, 0.29) is 17.5 Å². The summed E-state index contributed by atoms with van der Waals surface area (Å²) < 4.78 is 4.53. The number of nitrogens with one attached hydrogen (secondary N) is 1. The number of ether oxygens (including phenoxy) is 1. The largest absolute Gasteiger partial charge is 0.469 e. The van der Waals surface area contributed by atoms with Gasteiger partial charge < -0.3 is 15.8 Å². The standard InChI is InChI=1S/C12H14N2O2S/c1-16-11(15)7-3-5-9-4-2-6-10(8-9)14-12(13)17/h2-6,8H,7H2,1H3,(H3,13,14,17). The molecule has 3 N–H and O–H groups in total. The first-order chi connectivity index (χ1) is 8.11. The summed E-state index contributed by atoms with van der Waals surface area (Å²) in [6.45, 7) is 0. The number of hydrogen-bond donors (Lipinski definition) is 2. The number of carbonyl (C=O) groups excluding carboxylic acids is 1. The smallest absolute Gasteiger partial charge is 0.309 e. The van der Waals surface area contributed by atoms with Crippen molar-refractivity contribution in [2.24, 2.45) is 5.73 Å². The van der Waals surface area contributed by atoms with E-state index < -0.39 is 0 Å². The first-order valence-corrected chi connectivity index (χ1v) is 5.42. The van der Waals surface area contributed by atoms with E-state index in [0.717, 1.165) is 11.3 Å². The van der Waals surface area contributed by atoms with E-state index in [0.29, 0.717) is 0 Å². The number of carbonyl (C=O) groups is 1. The van der Waals surface area contributed by atoms with Gasteiger partial charge in [-0.1, -0.05) is 24.3 Å². The fraction of sp³-hybridized carbons (Fsp3) is 0.167. The summed E-state index contributed by atoms with van der Waals surface area (Å²) in [6, 6.07) is 7.53. The molecule has 1 aromatic carbocycles. The van der Waals surface area contributed by atoms with Gasteiger partial charge in [-0.25, -0.2) is 0 Å². The van der Waals surface area contributed by atoms with Gasteiger partial charge in [0.1, 0.15) is 0 Å². The van der Waals surface area contributed by atoms with E-state index in [9.17, 15) is 4.79 Å². The third-order valence-corrected chi connectivity index (χ3v) is 2.08. The van der Waals surface area contributed by atoms with Crippen molar-refractivity contribution < 1.29 is 9.53 Å². The molecule has 0 unspecified atom stereocenters. The second-order valence-electron chi connectivity index (χ2n) is 3.30. The van der Waals surface area contributed by atoms with Crippen molar-refractivity contribution in [1.82, 2.24) is 0 Å². The molecule has 90 valence electrons. The van der Waals surface area contributed by atoms with E-state index in [1.165, 1.54) is 7.11 Å². The maximum atomic E-state index is 10.9. The monoisotopic (exact) mass is 250 g/mol. The molecule has 0 bridgehead atoms. The van der Waals surface area contributed by atoms with Gasteiger partial charge >= 0.3 is 5.97 Å². The second kappa shape index (κ2) is 6.65. The zero-order valence-electron chi connectivity index (χ0n) is 9.47. The van der Waals surface area contributed by atoms with Crippen LogP contribution in [0.3, 0.4) is 0 Å². The van der Waals surface area contributed by atoms with Gasteiger partial charge in [0.05, 0.1) is 13.5 Å². The molecule has 1 rings (SSSR count). The van der Waals surface area contributed by atoms with Crippen molar-refractivity contribution in [2.75, 3.05) is 12.4 Å². The molecule has 0 spiro atoms. The van der Waals surface area contributed by atoms with Crippen LogP contribution < -0.4 is 11.1 Å². The van der Waals surface area contributed by atoms with Gasteiger partial charge in [0.15, 0.2) is 5.11 Å². The lowest BCUT2D eigenvalue weighted by molar-refractivity contribution is -0.139. The van der Waals surface area contributed by atoms with Gasteiger partial charge in [-0.2, -0.15) is 0 Å². The molecule has 0 saturated carbocycles. The number of thiocarbonyl (C=S) groups is 1. The number of benzene rings is 1. The Labute approximate surface area is 105 Å². The molecule has 0 saturated heterocycles. The average Bonchev–Trinajstić information content (AvgIpc) is 2.28. The van der Waals surface area contributed by atoms with Gasteiger partial charge in [-0.05, 0) is 29.9 Å². The van der Waals surface area contributed by atoms with Gasteiger partial charge in [0, 0.05) is 5.69 Å². The van der Waals surface area contributed by atoms with Crippen molar-refractivity contribution in [3.63, 3.8) is 0 Å². The molecule has 0 aliphatic rings. The van der Waals surface area contributed by atoms with Crippen LogP contribution in [0.1, 0.15) is 12.0 Å². The first kappa shape index (κ1) is 13.2. The van der Waals surface area contributed by atoms with E-state index in [1.807, 2.05) is 30.3 Å².